The van der Waals surface area contributed by atoms with Crippen molar-refractivity contribution in [3.8, 4) is 0 Å². The Morgan fingerprint density at radius 1 is 1.30 bits per heavy atom. The largest absolute Gasteiger partial charge is 0.405 e. The molecule has 0 saturated heterocycles. The van der Waals surface area contributed by atoms with E-state index < -0.39 is 24.4 Å². The predicted molar refractivity (Wildman–Crippen MR) is 79.4 cm³/mol. The molecular formula is C12H10F4N4OS2. The topological polar surface area (TPSA) is 66.9 Å². The number of alkyl halides is 3. The van der Waals surface area contributed by atoms with E-state index in [2.05, 4.69) is 15.5 Å². The lowest BCUT2D eigenvalue weighted by molar-refractivity contribution is -0.136. The van der Waals surface area contributed by atoms with Gasteiger partial charge in [-0.15, -0.1) is 10.2 Å². The molecule has 0 aliphatic heterocycles. The van der Waals surface area contributed by atoms with Crippen LogP contribution >= 0.6 is 23.1 Å². The third-order valence-electron chi connectivity index (χ3n) is 2.30. The van der Waals surface area contributed by atoms with Gasteiger partial charge in [-0.1, -0.05) is 29.2 Å². The zero-order valence-electron chi connectivity index (χ0n) is 11.4. The van der Waals surface area contributed by atoms with Gasteiger partial charge in [0, 0.05) is 5.69 Å². The van der Waals surface area contributed by atoms with Crippen LogP contribution in [-0.4, -0.2) is 34.6 Å². The van der Waals surface area contributed by atoms with Crippen LogP contribution in [-0.2, 0) is 4.79 Å². The zero-order chi connectivity index (χ0) is 16.9. The van der Waals surface area contributed by atoms with E-state index in [9.17, 15) is 22.4 Å². The van der Waals surface area contributed by atoms with Crippen molar-refractivity contribution in [1.82, 2.24) is 15.5 Å². The average molecular weight is 366 g/mol. The first-order chi connectivity index (χ1) is 10.8. The minimum absolute atomic E-state index is 0.204. The molecule has 2 rings (SSSR count). The summed E-state index contributed by atoms with van der Waals surface area (Å²) in [5, 5.41) is 12.6. The minimum atomic E-state index is -4.44. The fourth-order valence-electron chi connectivity index (χ4n) is 1.39. The number of nitrogens with zero attached hydrogens (tertiary/aromatic N) is 2. The number of anilines is 2. The third kappa shape index (κ3) is 6.40. The first-order valence-corrected chi connectivity index (χ1v) is 7.94. The molecule has 11 heteroatoms. The molecule has 0 aliphatic carbocycles. The summed E-state index contributed by atoms with van der Waals surface area (Å²) in [4.78, 5) is 11.3. The van der Waals surface area contributed by atoms with E-state index in [1.54, 1.807) is 11.4 Å². The fraction of sp³-hybridized carbons (Fsp3) is 0.250. The van der Waals surface area contributed by atoms with Crippen molar-refractivity contribution in [2.24, 2.45) is 0 Å². The van der Waals surface area contributed by atoms with E-state index in [1.807, 2.05) is 0 Å². The summed E-state index contributed by atoms with van der Waals surface area (Å²) >= 11 is 2.07. The number of nitrogens with one attached hydrogen (secondary N) is 2. The van der Waals surface area contributed by atoms with Gasteiger partial charge in [0.05, 0.1) is 5.75 Å². The maximum Gasteiger partial charge on any atom is 0.405 e. The second-order valence-corrected chi connectivity index (χ2v) is 6.39. The number of halogens is 4. The Morgan fingerprint density at radius 2 is 2.09 bits per heavy atom. The summed E-state index contributed by atoms with van der Waals surface area (Å²) in [6, 6.07) is 5.74. The monoisotopic (exact) mass is 366 g/mol. The van der Waals surface area contributed by atoms with Crippen LogP contribution in [0.1, 0.15) is 0 Å². The molecule has 0 atom stereocenters. The van der Waals surface area contributed by atoms with Crippen LogP contribution in [0, 0.1) is 5.82 Å². The highest BCUT2D eigenvalue weighted by atomic mass is 32.2. The van der Waals surface area contributed by atoms with Gasteiger partial charge >= 0.3 is 6.18 Å². The molecule has 2 N–H and O–H groups in total. The lowest BCUT2D eigenvalue weighted by Gasteiger charge is -2.07. The third-order valence-corrected chi connectivity index (χ3v) is 4.27. The Morgan fingerprint density at radius 3 is 2.78 bits per heavy atom. The van der Waals surface area contributed by atoms with Crippen molar-refractivity contribution in [2.75, 3.05) is 17.6 Å². The van der Waals surface area contributed by atoms with Crippen molar-refractivity contribution >= 4 is 39.8 Å². The summed E-state index contributed by atoms with van der Waals surface area (Å²) < 4.78 is 49.3. The molecule has 0 spiro atoms. The Balaban J connectivity index is 1.82. The highest BCUT2D eigenvalue weighted by Gasteiger charge is 2.27. The quantitative estimate of drug-likeness (QED) is 0.607. The normalized spacial score (nSPS) is 11.3. The summed E-state index contributed by atoms with van der Waals surface area (Å²) in [6.45, 7) is -1.37. The Bertz CT molecular complexity index is 677. The zero-order valence-corrected chi connectivity index (χ0v) is 13.0. The standard InChI is InChI=1S/C12H10F4N4OS2/c13-7-2-1-3-8(4-7)18-10-19-20-11(23-10)22-5-9(21)17-6-12(14,15)16/h1-4H,5-6H2,(H,17,21)(H,18,19). The number of benzene rings is 1. The minimum Gasteiger partial charge on any atom is -0.346 e. The van der Waals surface area contributed by atoms with E-state index in [0.29, 0.717) is 15.2 Å². The molecule has 1 amide bonds. The fourth-order valence-corrected chi connectivity index (χ4v) is 2.99. The molecule has 23 heavy (non-hydrogen) atoms. The first-order valence-electron chi connectivity index (χ1n) is 6.14. The van der Waals surface area contributed by atoms with Crippen LogP contribution < -0.4 is 10.6 Å². The summed E-state index contributed by atoms with van der Waals surface area (Å²) in [5.41, 5.74) is 0.487. The van der Waals surface area contributed by atoms with E-state index in [-0.39, 0.29) is 5.75 Å². The molecule has 2 aromatic rings. The molecule has 0 bridgehead atoms. The highest BCUT2D eigenvalue weighted by molar-refractivity contribution is 8.01. The predicted octanol–water partition coefficient (Wildman–Crippen LogP) is 3.19. The van der Waals surface area contributed by atoms with Crippen molar-refractivity contribution in [2.45, 2.75) is 10.5 Å². The van der Waals surface area contributed by atoms with Crippen molar-refractivity contribution < 1.29 is 22.4 Å². The van der Waals surface area contributed by atoms with E-state index in [4.69, 9.17) is 0 Å². The Kier molecular flexibility index (Phi) is 5.77. The van der Waals surface area contributed by atoms with Gasteiger partial charge in [-0.2, -0.15) is 13.2 Å². The molecule has 124 valence electrons. The van der Waals surface area contributed by atoms with Gasteiger partial charge in [0.1, 0.15) is 12.4 Å². The average Bonchev–Trinajstić information content (AvgIpc) is 2.90. The van der Waals surface area contributed by atoms with E-state index in [0.717, 1.165) is 23.1 Å². The lowest BCUT2D eigenvalue weighted by Crippen LogP contribution is -2.34. The van der Waals surface area contributed by atoms with Gasteiger partial charge in [0.2, 0.25) is 11.0 Å². The number of amides is 1. The summed E-state index contributed by atoms with van der Waals surface area (Å²) in [5.74, 6) is -1.36. The molecule has 0 unspecified atom stereocenters. The van der Waals surface area contributed by atoms with Crippen LogP contribution in [0.5, 0.6) is 0 Å². The summed E-state index contributed by atoms with van der Waals surface area (Å²) in [7, 11) is 0. The first kappa shape index (κ1) is 17.5. The van der Waals surface area contributed by atoms with Gasteiger partial charge in [-0.05, 0) is 18.2 Å². The number of hydrogen-bond donors (Lipinski definition) is 2. The Labute approximate surface area is 136 Å². The second kappa shape index (κ2) is 7.59. The SMILES string of the molecule is O=C(CSc1nnc(Nc2cccc(F)c2)s1)NCC(F)(F)F. The molecule has 1 aromatic carbocycles. The second-order valence-electron chi connectivity index (χ2n) is 4.19. The van der Waals surface area contributed by atoms with Crippen LogP contribution in [0.3, 0.4) is 0 Å². The lowest BCUT2D eigenvalue weighted by atomic mass is 10.3. The molecule has 0 fully saturated rings. The van der Waals surface area contributed by atoms with E-state index >= 15 is 0 Å². The van der Waals surface area contributed by atoms with Crippen LogP contribution in [0.2, 0.25) is 0 Å². The number of aromatic nitrogens is 2. The maximum absolute atomic E-state index is 13.0. The van der Waals surface area contributed by atoms with Crippen LogP contribution in [0.25, 0.3) is 0 Å². The van der Waals surface area contributed by atoms with Gasteiger partial charge in [0.15, 0.2) is 4.34 Å². The number of hydrogen-bond acceptors (Lipinski definition) is 6. The number of rotatable bonds is 6. The van der Waals surface area contributed by atoms with Gasteiger partial charge in [0.25, 0.3) is 0 Å². The number of thioether (sulfide) groups is 1. The van der Waals surface area contributed by atoms with E-state index in [1.165, 1.54) is 18.2 Å². The maximum atomic E-state index is 13.0. The van der Waals surface area contributed by atoms with Gasteiger partial charge in [-0.25, -0.2) is 4.39 Å². The molecule has 1 heterocycles. The number of carbonyl (C=O) groups excluding carboxylic acids is 1. The molecule has 0 aliphatic rings. The van der Waals surface area contributed by atoms with Gasteiger partial charge in [-0.3, -0.25) is 4.79 Å². The molecule has 1 aromatic heterocycles. The Hall–Kier alpha value is -1.88. The molecule has 0 saturated carbocycles. The highest BCUT2D eigenvalue weighted by Crippen LogP contribution is 2.27. The van der Waals surface area contributed by atoms with Gasteiger partial charge < -0.3 is 10.6 Å². The summed E-state index contributed by atoms with van der Waals surface area (Å²) in [6.07, 6.45) is -4.44. The molecular weight excluding hydrogens is 356 g/mol. The smallest absolute Gasteiger partial charge is 0.346 e. The molecule has 5 nitrogen and oxygen atoms in total. The molecule has 0 radical (unpaired) electrons. The van der Waals surface area contributed by atoms with Crippen molar-refractivity contribution in [3.05, 3.63) is 30.1 Å². The van der Waals surface area contributed by atoms with Crippen LogP contribution in [0.4, 0.5) is 28.4 Å². The van der Waals surface area contributed by atoms with Crippen molar-refractivity contribution in [1.29, 1.82) is 0 Å². The van der Waals surface area contributed by atoms with Crippen LogP contribution in [0.15, 0.2) is 28.6 Å². The number of carbonyl (C=O) groups is 1. The van der Waals surface area contributed by atoms with Crippen molar-refractivity contribution in [3.63, 3.8) is 0 Å².